The zero-order valence-electron chi connectivity index (χ0n) is 15.2. The van der Waals surface area contributed by atoms with E-state index in [2.05, 4.69) is 5.32 Å². The minimum absolute atomic E-state index is 0.258. The number of rotatable bonds is 9. The van der Waals surface area contributed by atoms with Gasteiger partial charge in [-0.2, -0.15) is 0 Å². The standard InChI is InChI=1S/C20H22FNO5/c1-20(19(24)25,15-7-9-16(21)10-8-15)22-18(23)14-5-3-6-17(13-14)27-12-4-11-26-2/h3,5-10,13H,4,11-12H2,1-2H3,(H,22,23)(H,24,25). The van der Waals surface area contributed by atoms with E-state index in [4.69, 9.17) is 9.47 Å². The van der Waals surface area contributed by atoms with Gasteiger partial charge in [-0.15, -0.1) is 0 Å². The summed E-state index contributed by atoms with van der Waals surface area (Å²) in [5.74, 6) is -1.82. The van der Waals surface area contributed by atoms with Crippen molar-refractivity contribution in [1.82, 2.24) is 5.32 Å². The van der Waals surface area contributed by atoms with Crippen LogP contribution in [-0.4, -0.2) is 37.3 Å². The first-order chi connectivity index (χ1) is 12.9. The molecule has 7 heteroatoms. The fourth-order valence-corrected chi connectivity index (χ4v) is 2.45. The maximum absolute atomic E-state index is 13.1. The fourth-order valence-electron chi connectivity index (χ4n) is 2.45. The zero-order chi connectivity index (χ0) is 19.9. The van der Waals surface area contributed by atoms with Gasteiger partial charge >= 0.3 is 5.97 Å². The van der Waals surface area contributed by atoms with E-state index in [0.717, 1.165) is 12.1 Å². The number of carbonyl (C=O) groups is 2. The maximum atomic E-state index is 13.1. The van der Waals surface area contributed by atoms with Crippen molar-refractivity contribution in [2.75, 3.05) is 20.3 Å². The molecular weight excluding hydrogens is 353 g/mol. The van der Waals surface area contributed by atoms with Crippen molar-refractivity contribution in [3.05, 3.63) is 65.5 Å². The minimum Gasteiger partial charge on any atom is -0.493 e. The Balaban J connectivity index is 2.16. The van der Waals surface area contributed by atoms with Crippen LogP contribution < -0.4 is 10.1 Å². The average molecular weight is 375 g/mol. The third-order valence-electron chi connectivity index (χ3n) is 4.07. The molecule has 1 unspecified atom stereocenters. The third kappa shape index (κ3) is 5.27. The highest BCUT2D eigenvalue weighted by Crippen LogP contribution is 2.23. The normalized spacial score (nSPS) is 12.9. The molecule has 0 radical (unpaired) electrons. The lowest BCUT2D eigenvalue weighted by molar-refractivity contribution is -0.144. The highest BCUT2D eigenvalue weighted by atomic mass is 19.1. The summed E-state index contributed by atoms with van der Waals surface area (Å²) in [5, 5.41) is 12.1. The van der Waals surface area contributed by atoms with Gasteiger partial charge in [-0.3, -0.25) is 4.79 Å². The first kappa shape index (κ1) is 20.4. The highest BCUT2D eigenvalue weighted by molar-refractivity contribution is 5.98. The molecule has 0 aromatic heterocycles. The van der Waals surface area contributed by atoms with E-state index >= 15 is 0 Å². The molecule has 144 valence electrons. The van der Waals surface area contributed by atoms with Crippen molar-refractivity contribution in [3.63, 3.8) is 0 Å². The molecule has 0 aliphatic carbocycles. The van der Waals surface area contributed by atoms with Crippen LogP contribution in [0.1, 0.15) is 29.3 Å². The first-order valence-electron chi connectivity index (χ1n) is 8.40. The van der Waals surface area contributed by atoms with Crippen LogP contribution in [0.25, 0.3) is 0 Å². The van der Waals surface area contributed by atoms with Crippen LogP contribution in [0.15, 0.2) is 48.5 Å². The van der Waals surface area contributed by atoms with Gasteiger partial charge < -0.3 is 19.9 Å². The molecule has 0 aliphatic rings. The van der Waals surface area contributed by atoms with Crippen LogP contribution in [0, 0.1) is 5.82 Å². The monoisotopic (exact) mass is 375 g/mol. The van der Waals surface area contributed by atoms with Gasteiger partial charge in [-0.25, -0.2) is 9.18 Å². The lowest BCUT2D eigenvalue weighted by atomic mass is 9.91. The predicted molar refractivity (Wildman–Crippen MR) is 97.3 cm³/mol. The van der Waals surface area contributed by atoms with Gasteiger partial charge in [0.05, 0.1) is 6.61 Å². The van der Waals surface area contributed by atoms with Crippen molar-refractivity contribution in [2.24, 2.45) is 0 Å². The Bertz CT molecular complexity index is 793. The molecule has 2 N–H and O–H groups in total. The van der Waals surface area contributed by atoms with Gasteiger partial charge in [-0.1, -0.05) is 18.2 Å². The molecule has 1 amide bonds. The summed E-state index contributed by atoms with van der Waals surface area (Å²) in [6, 6.07) is 11.4. The van der Waals surface area contributed by atoms with Crippen molar-refractivity contribution < 1.29 is 28.6 Å². The third-order valence-corrected chi connectivity index (χ3v) is 4.07. The molecule has 0 spiro atoms. The molecular formula is C20H22FNO5. The fraction of sp³-hybridized carbons (Fsp3) is 0.300. The second kappa shape index (κ2) is 9.14. The second-order valence-electron chi connectivity index (χ2n) is 6.11. The second-order valence-corrected chi connectivity index (χ2v) is 6.11. The summed E-state index contributed by atoms with van der Waals surface area (Å²) >= 11 is 0. The predicted octanol–water partition coefficient (Wildman–Crippen LogP) is 2.97. The van der Waals surface area contributed by atoms with Crippen LogP contribution in [0.4, 0.5) is 4.39 Å². The molecule has 2 aromatic rings. The van der Waals surface area contributed by atoms with Crippen molar-refractivity contribution >= 4 is 11.9 Å². The number of hydrogen-bond donors (Lipinski definition) is 2. The summed E-state index contributed by atoms with van der Waals surface area (Å²) in [6.45, 7) is 2.35. The van der Waals surface area contributed by atoms with E-state index < -0.39 is 23.2 Å². The number of methoxy groups -OCH3 is 1. The number of nitrogens with one attached hydrogen (secondary N) is 1. The van der Waals surface area contributed by atoms with Crippen LogP contribution in [-0.2, 0) is 15.1 Å². The Morgan fingerprint density at radius 1 is 1.15 bits per heavy atom. The number of halogens is 1. The quantitative estimate of drug-likeness (QED) is 0.658. The summed E-state index contributed by atoms with van der Waals surface area (Å²) in [4.78, 5) is 24.4. The molecule has 0 fully saturated rings. The highest BCUT2D eigenvalue weighted by Gasteiger charge is 2.37. The number of benzene rings is 2. The van der Waals surface area contributed by atoms with E-state index in [-0.39, 0.29) is 11.1 Å². The van der Waals surface area contributed by atoms with Gasteiger partial charge in [0, 0.05) is 25.7 Å². The molecule has 2 rings (SSSR count). The van der Waals surface area contributed by atoms with Gasteiger partial charge in [-0.05, 0) is 42.8 Å². The maximum Gasteiger partial charge on any atom is 0.333 e. The van der Waals surface area contributed by atoms with Crippen LogP contribution >= 0.6 is 0 Å². The van der Waals surface area contributed by atoms with Gasteiger partial charge in [0.1, 0.15) is 11.6 Å². The smallest absolute Gasteiger partial charge is 0.333 e. The Morgan fingerprint density at radius 2 is 1.85 bits per heavy atom. The lowest BCUT2D eigenvalue weighted by Gasteiger charge is -2.27. The van der Waals surface area contributed by atoms with E-state index in [1.807, 2.05) is 0 Å². The van der Waals surface area contributed by atoms with Gasteiger partial charge in [0.15, 0.2) is 5.54 Å². The van der Waals surface area contributed by atoms with Gasteiger partial charge in [0.2, 0.25) is 0 Å². The van der Waals surface area contributed by atoms with E-state index in [0.29, 0.717) is 25.4 Å². The number of carboxylic acid groups (broad SMARTS) is 1. The molecule has 27 heavy (non-hydrogen) atoms. The largest absolute Gasteiger partial charge is 0.493 e. The molecule has 1 atom stereocenters. The number of ether oxygens (including phenoxy) is 2. The van der Waals surface area contributed by atoms with E-state index in [9.17, 15) is 19.1 Å². The van der Waals surface area contributed by atoms with E-state index in [1.165, 1.54) is 25.1 Å². The topological polar surface area (TPSA) is 84.9 Å². The summed E-state index contributed by atoms with van der Waals surface area (Å²) in [6.07, 6.45) is 0.703. The molecule has 0 saturated carbocycles. The lowest BCUT2D eigenvalue weighted by Crippen LogP contribution is -2.49. The Morgan fingerprint density at radius 3 is 2.48 bits per heavy atom. The molecule has 0 aliphatic heterocycles. The van der Waals surface area contributed by atoms with Crippen LogP contribution in [0.2, 0.25) is 0 Å². The minimum atomic E-state index is -1.71. The summed E-state index contributed by atoms with van der Waals surface area (Å²) < 4.78 is 23.6. The Kier molecular flexibility index (Phi) is 6.90. The molecule has 0 heterocycles. The van der Waals surface area contributed by atoms with Crippen LogP contribution in [0.3, 0.4) is 0 Å². The van der Waals surface area contributed by atoms with Crippen LogP contribution in [0.5, 0.6) is 5.75 Å². The average Bonchev–Trinajstić information content (AvgIpc) is 2.65. The Hall–Kier alpha value is -2.93. The first-order valence-corrected chi connectivity index (χ1v) is 8.40. The Labute approximate surface area is 156 Å². The van der Waals surface area contributed by atoms with Crippen molar-refractivity contribution in [2.45, 2.75) is 18.9 Å². The zero-order valence-corrected chi connectivity index (χ0v) is 15.2. The number of carbonyl (C=O) groups excluding carboxylic acids is 1. The van der Waals surface area contributed by atoms with Gasteiger partial charge in [0.25, 0.3) is 5.91 Å². The summed E-state index contributed by atoms with van der Waals surface area (Å²) in [5.41, 5.74) is -1.19. The number of amides is 1. The van der Waals surface area contributed by atoms with E-state index in [1.54, 1.807) is 25.3 Å². The number of aliphatic carboxylic acids is 1. The SMILES string of the molecule is COCCCOc1cccc(C(=O)NC(C)(C(=O)O)c2ccc(F)cc2)c1. The number of hydrogen-bond acceptors (Lipinski definition) is 4. The molecule has 6 nitrogen and oxygen atoms in total. The van der Waals surface area contributed by atoms with Crippen molar-refractivity contribution in [3.8, 4) is 5.75 Å². The molecule has 2 aromatic carbocycles. The molecule has 0 bridgehead atoms. The molecule has 0 saturated heterocycles. The number of carboxylic acids is 1. The summed E-state index contributed by atoms with van der Waals surface area (Å²) in [7, 11) is 1.60. The van der Waals surface area contributed by atoms with Crippen molar-refractivity contribution in [1.29, 1.82) is 0 Å².